The molecule has 1 saturated carbocycles. The van der Waals surface area contributed by atoms with Crippen molar-refractivity contribution in [1.29, 1.82) is 0 Å². The summed E-state index contributed by atoms with van der Waals surface area (Å²) in [6.45, 7) is 0.637. The predicted molar refractivity (Wildman–Crippen MR) is 58.4 cm³/mol. The minimum Gasteiger partial charge on any atom is -0.338 e. The minimum absolute atomic E-state index is 0.130. The molecule has 14 heavy (non-hydrogen) atoms. The number of rotatable bonds is 4. The van der Waals surface area contributed by atoms with Crippen LogP contribution in [0.15, 0.2) is 11.8 Å². The smallest absolute Gasteiger partial charge is 0.318 e. The molecule has 0 spiro atoms. The Kier molecular flexibility index (Phi) is 5.45. The second kappa shape index (κ2) is 6.71. The van der Waals surface area contributed by atoms with Gasteiger partial charge in [-0.1, -0.05) is 5.57 Å². The molecule has 3 nitrogen and oxygen atoms in total. The number of nitrogens with one attached hydrogen (secondary N) is 2. The van der Waals surface area contributed by atoms with E-state index in [2.05, 4.69) is 10.6 Å². The van der Waals surface area contributed by atoms with Crippen molar-refractivity contribution in [2.24, 2.45) is 0 Å². The zero-order valence-electron chi connectivity index (χ0n) is 8.31. The standard InChI is InChI=1S/C10H17ClN2O/c11-6-3-7-12-10(14)13-8-9-4-1-2-5-9/h8H,1-7H2,(H2,12,13,14). The van der Waals surface area contributed by atoms with Crippen LogP contribution >= 0.6 is 11.6 Å². The van der Waals surface area contributed by atoms with E-state index >= 15 is 0 Å². The summed E-state index contributed by atoms with van der Waals surface area (Å²) in [5, 5.41) is 5.46. The Morgan fingerprint density at radius 1 is 1.43 bits per heavy atom. The zero-order chi connectivity index (χ0) is 10.2. The fraction of sp³-hybridized carbons (Fsp3) is 0.700. The summed E-state index contributed by atoms with van der Waals surface area (Å²) in [7, 11) is 0. The first-order valence-electron chi connectivity index (χ1n) is 5.11. The van der Waals surface area contributed by atoms with Gasteiger partial charge in [0.15, 0.2) is 0 Å². The van der Waals surface area contributed by atoms with Crippen molar-refractivity contribution in [2.45, 2.75) is 32.1 Å². The summed E-state index contributed by atoms with van der Waals surface area (Å²) in [4.78, 5) is 11.2. The third kappa shape index (κ3) is 4.51. The van der Waals surface area contributed by atoms with Gasteiger partial charge < -0.3 is 10.6 Å². The van der Waals surface area contributed by atoms with Gasteiger partial charge in [-0.3, -0.25) is 0 Å². The van der Waals surface area contributed by atoms with E-state index in [0.29, 0.717) is 12.4 Å². The van der Waals surface area contributed by atoms with Crippen molar-refractivity contribution in [2.75, 3.05) is 12.4 Å². The monoisotopic (exact) mass is 216 g/mol. The summed E-state index contributed by atoms with van der Waals surface area (Å²) in [6, 6.07) is -0.130. The Hall–Kier alpha value is -0.700. The van der Waals surface area contributed by atoms with E-state index < -0.39 is 0 Å². The van der Waals surface area contributed by atoms with Crippen molar-refractivity contribution in [1.82, 2.24) is 10.6 Å². The summed E-state index contributed by atoms with van der Waals surface area (Å²) in [5.41, 5.74) is 1.34. The number of halogens is 1. The van der Waals surface area contributed by atoms with Gasteiger partial charge >= 0.3 is 6.03 Å². The number of hydrogen-bond donors (Lipinski definition) is 2. The highest BCUT2D eigenvalue weighted by molar-refractivity contribution is 6.17. The van der Waals surface area contributed by atoms with Crippen LogP contribution in [0, 0.1) is 0 Å². The van der Waals surface area contributed by atoms with Gasteiger partial charge in [0.1, 0.15) is 0 Å². The van der Waals surface area contributed by atoms with E-state index in [9.17, 15) is 4.79 Å². The molecule has 1 aliphatic carbocycles. The molecule has 80 valence electrons. The molecule has 0 unspecified atom stereocenters. The first-order valence-corrected chi connectivity index (χ1v) is 5.64. The Balaban J connectivity index is 2.10. The summed E-state index contributed by atoms with van der Waals surface area (Å²) >= 11 is 5.48. The SMILES string of the molecule is O=C(NC=C1CCCC1)NCCCCl. The maximum atomic E-state index is 11.2. The molecule has 0 atom stereocenters. The molecule has 0 radical (unpaired) electrons. The zero-order valence-corrected chi connectivity index (χ0v) is 9.07. The van der Waals surface area contributed by atoms with Crippen molar-refractivity contribution in [3.05, 3.63) is 11.8 Å². The minimum atomic E-state index is -0.130. The molecule has 1 aliphatic rings. The molecule has 2 N–H and O–H groups in total. The highest BCUT2D eigenvalue weighted by Gasteiger charge is 2.06. The Morgan fingerprint density at radius 3 is 2.79 bits per heavy atom. The van der Waals surface area contributed by atoms with Gasteiger partial charge in [-0.2, -0.15) is 0 Å². The number of alkyl halides is 1. The molecule has 0 heterocycles. The molecule has 0 saturated heterocycles. The summed E-state index contributed by atoms with van der Waals surface area (Å²) in [5.74, 6) is 0.585. The van der Waals surface area contributed by atoms with E-state index in [4.69, 9.17) is 11.6 Å². The highest BCUT2D eigenvalue weighted by Crippen LogP contribution is 2.22. The maximum absolute atomic E-state index is 11.2. The van der Waals surface area contributed by atoms with Gasteiger partial charge in [0.2, 0.25) is 0 Å². The van der Waals surface area contributed by atoms with Gasteiger partial charge in [0.25, 0.3) is 0 Å². The van der Waals surface area contributed by atoms with Gasteiger partial charge in [-0.25, -0.2) is 4.79 Å². The fourth-order valence-electron chi connectivity index (χ4n) is 1.46. The lowest BCUT2D eigenvalue weighted by atomic mass is 10.2. The largest absolute Gasteiger partial charge is 0.338 e. The van der Waals surface area contributed by atoms with E-state index in [1.165, 1.54) is 18.4 Å². The predicted octanol–water partition coefficient (Wildman–Crippen LogP) is 2.37. The first-order chi connectivity index (χ1) is 6.83. The Bertz CT molecular complexity index is 208. The highest BCUT2D eigenvalue weighted by atomic mass is 35.5. The second-order valence-corrected chi connectivity index (χ2v) is 3.83. The molecule has 0 aromatic rings. The first kappa shape index (κ1) is 11.4. The van der Waals surface area contributed by atoms with E-state index in [1.807, 2.05) is 6.20 Å². The molecule has 1 rings (SSSR count). The van der Waals surface area contributed by atoms with Gasteiger partial charge in [-0.05, 0) is 32.1 Å². The van der Waals surface area contributed by atoms with Crippen LogP contribution in [0.2, 0.25) is 0 Å². The molecule has 2 amide bonds. The molecule has 0 aliphatic heterocycles. The van der Waals surface area contributed by atoms with Crippen LogP contribution in [-0.2, 0) is 0 Å². The lowest BCUT2D eigenvalue weighted by Crippen LogP contribution is -2.33. The lowest BCUT2D eigenvalue weighted by molar-refractivity contribution is 0.244. The number of allylic oxidation sites excluding steroid dienone is 1. The number of carbonyl (C=O) groups is 1. The van der Waals surface area contributed by atoms with Gasteiger partial charge in [-0.15, -0.1) is 11.6 Å². The molecule has 1 fully saturated rings. The van der Waals surface area contributed by atoms with Gasteiger partial charge in [0, 0.05) is 18.6 Å². The van der Waals surface area contributed by atoms with Crippen LogP contribution in [0.1, 0.15) is 32.1 Å². The van der Waals surface area contributed by atoms with Crippen molar-refractivity contribution >= 4 is 17.6 Å². The molecular weight excluding hydrogens is 200 g/mol. The van der Waals surface area contributed by atoms with Crippen molar-refractivity contribution < 1.29 is 4.79 Å². The summed E-state index contributed by atoms with van der Waals surface area (Å²) < 4.78 is 0. The van der Waals surface area contributed by atoms with Crippen LogP contribution < -0.4 is 10.6 Å². The topological polar surface area (TPSA) is 41.1 Å². The van der Waals surface area contributed by atoms with Crippen LogP contribution in [0.3, 0.4) is 0 Å². The third-order valence-electron chi connectivity index (χ3n) is 2.25. The number of hydrogen-bond acceptors (Lipinski definition) is 1. The van der Waals surface area contributed by atoms with Crippen molar-refractivity contribution in [3.63, 3.8) is 0 Å². The molecule has 0 aromatic carbocycles. The van der Waals surface area contributed by atoms with Crippen molar-refractivity contribution in [3.8, 4) is 0 Å². The van der Waals surface area contributed by atoms with Crippen LogP contribution in [0.4, 0.5) is 4.79 Å². The second-order valence-electron chi connectivity index (χ2n) is 3.45. The maximum Gasteiger partial charge on any atom is 0.318 e. The Morgan fingerprint density at radius 2 is 2.14 bits per heavy atom. The number of urea groups is 1. The molecule has 0 aromatic heterocycles. The molecule has 0 bridgehead atoms. The third-order valence-corrected chi connectivity index (χ3v) is 2.52. The van der Waals surface area contributed by atoms with E-state index in [1.54, 1.807) is 0 Å². The van der Waals surface area contributed by atoms with Gasteiger partial charge in [0.05, 0.1) is 0 Å². The molecule has 4 heteroatoms. The number of carbonyl (C=O) groups excluding carboxylic acids is 1. The lowest BCUT2D eigenvalue weighted by Gasteiger charge is -2.03. The average Bonchev–Trinajstić information content (AvgIpc) is 2.68. The normalized spacial score (nSPS) is 15.4. The van der Waals surface area contributed by atoms with Crippen LogP contribution in [0.5, 0.6) is 0 Å². The fourth-order valence-corrected chi connectivity index (χ4v) is 1.59. The summed E-state index contributed by atoms with van der Waals surface area (Å²) in [6.07, 6.45) is 7.40. The average molecular weight is 217 g/mol. The van der Waals surface area contributed by atoms with Crippen LogP contribution in [-0.4, -0.2) is 18.5 Å². The quantitative estimate of drug-likeness (QED) is 0.550. The number of amides is 2. The molecular formula is C10H17ClN2O. The van der Waals surface area contributed by atoms with Crippen LogP contribution in [0.25, 0.3) is 0 Å². The van der Waals surface area contributed by atoms with E-state index in [0.717, 1.165) is 19.3 Å². The van der Waals surface area contributed by atoms with E-state index in [-0.39, 0.29) is 6.03 Å². The Labute approximate surface area is 89.9 Å².